The third kappa shape index (κ3) is 11.4. The minimum Gasteiger partial charge on any atom is -0.356 e. The molecule has 0 bridgehead atoms. The molecule has 24 heavy (non-hydrogen) atoms. The van der Waals surface area contributed by atoms with Gasteiger partial charge in [-0.2, -0.15) is 0 Å². The molecular weight excluding hydrogens is 304 g/mol. The van der Waals surface area contributed by atoms with Gasteiger partial charge in [0.05, 0.1) is 0 Å². The van der Waals surface area contributed by atoms with Crippen molar-refractivity contribution in [2.24, 2.45) is 11.8 Å². The fraction of sp³-hybridized carbons (Fsp3) is 0.889. The first-order valence-electron chi connectivity index (χ1n) is 9.12. The highest BCUT2D eigenvalue weighted by atomic mass is 16.2. The molecule has 0 aromatic rings. The zero-order valence-corrected chi connectivity index (χ0v) is 16.5. The van der Waals surface area contributed by atoms with E-state index in [-0.39, 0.29) is 23.7 Å². The molecule has 0 aromatic heterocycles. The van der Waals surface area contributed by atoms with Crippen LogP contribution in [0.5, 0.6) is 0 Å². The van der Waals surface area contributed by atoms with Gasteiger partial charge in [0.1, 0.15) is 0 Å². The number of carbonyl (C=O) groups excluding carboxylic acids is 2. The summed E-state index contributed by atoms with van der Waals surface area (Å²) in [6, 6.07) is 0. The number of amides is 2. The van der Waals surface area contributed by atoms with Gasteiger partial charge in [0, 0.05) is 24.9 Å². The van der Waals surface area contributed by atoms with Gasteiger partial charge in [-0.1, -0.05) is 13.8 Å². The van der Waals surface area contributed by atoms with Crippen LogP contribution < -0.4 is 10.6 Å². The van der Waals surface area contributed by atoms with Gasteiger partial charge < -0.3 is 20.4 Å². The number of rotatable bonds is 13. The Bertz CT molecular complexity index is 359. The fourth-order valence-corrected chi connectivity index (χ4v) is 2.53. The maximum Gasteiger partial charge on any atom is 0.223 e. The molecule has 6 heteroatoms. The van der Waals surface area contributed by atoms with Gasteiger partial charge in [-0.05, 0) is 67.0 Å². The summed E-state index contributed by atoms with van der Waals surface area (Å²) in [6.45, 7) is 7.22. The van der Waals surface area contributed by atoms with E-state index in [1.165, 1.54) is 0 Å². The van der Waals surface area contributed by atoms with Crippen LogP contribution in [-0.4, -0.2) is 76.0 Å². The van der Waals surface area contributed by atoms with E-state index in [1.54, 1.807) is 0 Å². The fourth-order valence-electron chi connectivity index (χ4n) is 2.53. The summed E-state index contributed by atoms with van der Waals surface area (Å²) < 4.78 is 0. The summed E-state index contributed by atoms with van der Waals surface area (Å²) in [5.41, 5.74) is 0. The first-order valence-corrected chi connectivity index (χ1v) is 9.12. The van der Waals surface area contributed by atoms with Gasteiger partial charge in [-0.3, -0.25) is 9.59 Å². The lowest BCUT2D eigenvalue weighted by Crippen LogP contribution is -2.36. The highest BCUT2D eigenvalue weighted by molar-refractivity contribution is 5.81. The number of nitrogens with one attached hydrogen (secondary N) is 2. The Morgan fingerprint density at radius 1 is 0.875 bits per heavy atom. The monoisotopic (exact) mass is 342 g/mol. The van der Waals surface area contributed by atoms with Crippen molar-refractivity contribution in [3.8, 4) is 0 Å². The summed E-state index contributed by atoms with van der Waals surface area (Å²) >= 11 is 0. The van der Waals surface area contributed by atoms with Crippen molar-refractivity contribution in [3.63, 3.8) is 0 Å². The smallest absolute Gasteiger partial charge is 0.223 e. The van der Waals surface area contributed by atoms with Crippen molar-refractivity contribution >= 4 is 11.8 Å². The van der Waals surface area contributed by atoms with E-state index in [0.29, 0.717) is 19.5 Å². The Balaban J connectivity index is 4.09. The molecule has 0 fully saturated rings. The second kappa shape index (κ2) is 13.2. The first kappa shape index (κ1) is 22.9. The second-order valence-corrected chi connectivity index (χ2v) is 7.14. The molecule has 2 atom stereocenters. The van der Waals surface area contributed by atoms with Crippen LogP contribution in [0.1, 0.15) is 39.5 Å². The van der Waals surface area contributed by atoms with Gasteiger partial charge >= 0.3 is 0 Å². The minimum atomic E-state index is -0.137. The SMILES string of the molecule is CCC(C[C@@H](C)C(=O)NCCCN(C)C)C(=O)NCCCN(C)C. The molecule has 0 saturated heterocycles. The van der Waals surface area contributed by atoms with E-state index in [2.05, 4.69) is 20.4 Å². The number of hydrogen-bond donors (Lipinski definition) is 2. The van der Waals surface area contributed by atoms with Crippen molar-refractivity contribution in [3.05, 3.63) is 0 Å². The Morgan fingerprint density at radius 3 is 1.75 bits per heavy atom. The Hall–Kier alpha value is -1.14. The third-order valence-electron chi connectivity index (χ3n) is 4.11. The quantitative estimate of drug-likeness (QED) is 0.493. The van der Waals surface area contributed by atoms with Crippen LogP contribution in [-0.2, 0) is 9.59 Å². The predicted molar refractivity (Wildman–Crippen MR) is 99.9 cm³/mol. The molecule has 2 N–H and O–H groups in total. The largest absolute Gasteiger partial charge is 0.356 e. The summed E-state index contributed by atoms with van der Waals surface area (Å²) in [4.78, 5) is 28.6. The van der Waals surface area contributed by atoms with Gasteiger partial charge in [-0.25, -0.2) is 0 Å². The Kier molecular flexibility index (Phi) is 12.6. The zero-order valence-electron chi connectivity index (χ0n) is 16.5. The number of nitrogens with zero attached hydrogens (tertiary/aromatic N) is 2. The van der Waals surface area contributed by atoms with E-state index in [9.17, 15) is 9.59 Å². The minimum absolute atomic E-state index is 0.0487. The summed E-state index contributed by atoms with van der Waals surface area (Å²) in [5, 5.41) is 5.96. The van der Waals surface area contributed by atoms with Gasteiger partial charge in [-0.15, -0.1) is 0 Å². The molecule has 0 aliphatic rings. The maximum absolute atomic E-state index is 12.3. The van der Waals surface area contributed by atoms with Crippen molar-refractivity contribution in [1.82, 2.24) is 20.4 Å². The molecule has 0 radical (unpaired) electrons. The van der Waals surface area contributed by atoms with E-state index in [0.717, 1.165) is 32.4 Å². The van der Waals surface area contributed by atoms with E-state index < -0.39 is 0 Å². The molecule has 142 valence electrons. The molecule has 0 aliphatic heterocycles. The van der Waals surface area contributed by atoms with Crippen LogP contribution in [0.2, 0.25) is 0 Å². The second-order valence-electron chi connectivity index (χ2n) is 7.14. The average Bonchev–Trinajstić information content (AvgIpc) is 2.52. The molecule has 0 aromatic carbocycles. The standard InChI is InChI=1S/C18H38N4O2/c1-7-16(18(24)20-11-9-13-22(5)6)14-15(2)17(23)19-10-8-12-21(3)4/h15-16H,7-14H2,1-6H3,(H,19,23)(H,20,24)/t15-,16?/m1/s1. The van der Waals surface area contributed by atoms with Crippen LogP contribution in [0, 0.1) is 11.8 Å². The van der Waals surface area contributed by atoms with Crippen molar-refractivity contribution in [2.75, 3.05) is 54.4 Å². The zero-order chi connectivity index (χ0) is 18.5. The molecule has 0 aliphatic carbocycles. The highest BCUT2D eigenvalue weighted by Crippen LogP contribution is 2.16. The van der Waals surface area contributed by atoms with E-state index in [1.807, 2.05) is 42.0 Å². The topological polar surface area (TPSA) is 64.7 Å². The number of carbonyl (C=O) groups is 2. The molecule has 0 heterocycles. The maximum atomic E-state index is 12.3. The Labute approximate surface area is 148 Å². The van der Waals surface area contributed by atoms with Gasteiger partial charge in [0.2, 0.25) is 11.8 Å². The van der Waals surface area contributed by atoms with Gasteiger partial charge in [0.25, 0.3) is 0 Å². The van der Waals surface area contributed by atoms with Crippen LogP contribution in [0.25, 0.3) is 0 Å². The van der Waals surface area contributed by atoms with Crippen LogP contribution in [0.4, 0.5) is 0 Å². The summed E-state index contributed by atoms with van der Waals surface area (Å²) in [7, 11) is 8.09. The first-order chi connectivity index (χ1) is 11.3. The van der Waals surface area contributed by atoms with Crippen molar-refractivity contribution < 1.29 is 9.59 Å². The van der Waals surface area contributed by atoms with Crippen molar-refractivity contribution in [2.45, 2.75) is 39.5 Å². The predicted octanol–water partition coefficient (Wildman–Crippen LogP) is 1.17. The molecule has 0 rings (SSSR count). The lowest BCUT2D eigenvalue weighted by Gasteiger charge is -2.19. The van der Waals surface area contributed by atoms with Crippen LogP contribution in [0.3, 0.4) is 0 Å². The Morgan fingerprint density at radius 2 is 1.33 bits per heavy atom. The molecule has 6 nitrogen and oxygen atoms in total. The summed E-state index contributed by atoms with van der Waals surface area (Å²) in [5.74, 6) is -0.107. The normalized spacial score (nSPS) is 13.8. The number of hydrogen-bond acceptors (Lipinski definition) is 4. The molecule has 1 unspecified atom stereocenters. The highest BCUT2D eigenvalue weighted by Gasteiger charge is 2.22. The van der Waals surface area contributed by atoms with E-state index >= 15 is 0 Å². The van der Waals surface area contributed by atoms with Crippen molar-refractivity contribution in [1.29, 1.82) is 0 Å². The van der Waals surface area contributed by atoms with Gasteiger partial charge in [0.15, 0.2) is 0 Å². The lowest BCUT2D eigenvalue weighted by molar-refractivity contribution is -0.128. The molecule has 0 spiro atoms. The van der Waals surface area contributed by atoms with E-state index in [4.69, 9.17) is 0 Å². The molecular formula is C18H38N4O2. The lowest BCUT2D eigenvalue weighted by atomic mass is 9.92. The van der Waals surface area contributed by atoms with Crippen LogP contribution >= 0.6 is 0 Å². The third-order valence-corrected chi connectivity index (χ3v) is 4.11. The average molecular weight is 343 g/mol. The van der Waals surface area contributed by atoms with Crippen LogP contribution in [0.15, 0.2) is 0 Å². The molecule has 2 amide bonds. The molecule has 0 saturated carbocycles. The summed E-state index contributed by atoms with van der Waals surface area (Å²) in [6.07, 6.45) is 3.25.